The largest absolute Gasteiger partial charge is 0.490 e. The number of fused-ring (bicyclic) bond motifs is 1. The van der Waals surface area contributed by atoms with Crippen molar-refractivity contribution in [3.8, 4) is 5.75 Å². The molecule has 2 heterocycles. The lowest BCUT2D eigenvalue weighted by Crippen LogP contribution is -2.42. The second kappa shape index (κ2) is 5.98. The van der Waals surface area contributed by atoms with E-state index in [0.717, 1.165) is 24.2 Å². The van der Waals surface area contributed by atoms with Crippen LogP contribution in [0.4, 0.5) is 5.69 Å². The van der Waals surface area contributed by atoms with Crippen LogP contribution in [0.15, 0.2) is 17.0 Å². The first kappa shape index (κ1) is 16.6. The summed E-state index contributed by atoms with van der Waals surface area (Å²) in [5, 5.41) is 0. The van der Waals surface area contributed by atoms with E-state index in [0.29, 0.717) is 42.2 Å². The Kier molecular flexibility index (Phi) is 4.31. The van der Waals surface area contributed by atoms with Crippen LogP contribution in [0.2, 0.25) is 0 Å². The molecule has 0 radical (unpaired) electrons. The van der Waals surface area contributed by atoms with Crippen molar-refractivity contribution in [3.05, 3.63) is 17.7 Å². The number of benzene rings is 1. The summed E-state index contributed by atoms with van der Waals surface area (Å²) in [4.78, 5) is 2.49. The minimum Gasteiger partial charge on any atom is -0.490 e. The first-order valence-electron chi connectivity index (χ1n) is 8.27. The molecule has 1 aromatic rings. The fraction of sp³-hybridized carbons (Fsp3) is 0.647. The minimum atomic E-state index is -3.47. The number of ether oxygens (including phenoxy) is 1. The van der Waals surface area contributed by atoms with E-state index < -0.39 is 10.0 Å². The molecule has 0 spiro atoms. The van der Waals surface area contributed by atoms with Crippen molar-refractivity contribution in [3.63, 3.8) is 0 Å². The van der Waals surface area contributed by atoms with Crippen molar-refractivity contribution < 1.29 is 13.2 Å². The second-order valence-corrected chi connectivity index (χ2v) is 9.03. The third-order valence-corrected chi connectivity index (χ3v) is 6.78. The highest BCUT2D eigenvalue weighted by molar-refractivity contribution is 7.89. The van der Waals surface area contributed by atoms with Crippen molar-refractivity contribution in [1.82, 2.24) is 4.31 Å². The van der Waals surface area contributed by atoms with Gasteiger partial charge in [0.1, 0.15) is 12.4 Å². The van der Waals surface area contributed by atoms with Crippen LogP contribution in [0.5, 0.6) is 5.75 Å². The molecule has 2 atom stereocenters. The maximum Gasteiger partial charge on any atom is 0.243 e. The Morgan fingerprint density at radius 3 is 2.48 bits per heavy atom. The molecule has 1 saturated heterocycles. The van der Waals surface area contributed by atoms with Crippen LogP contribution in [-0.2, 0) is 10.0 Å². The van der Waals surface area contributed by atoms with Crippen LogP contribution in [0.3, 0.4) is 0 Å². The van der Waals surface area contributed by atoms with Crippen molar-refractivity contribution in [2.45, 2.75) is 32.1 Å². The van der Waals surface area contributed by atoms with E-state index in [1.54, 1.807) is 10.4 Å². The van der Waals surface area contributed by atoms with Crippen molar-refractivity contribution in [2.75, 3.05) is 38.2 Å². The highest BCUT2D eigenvalue weighted by atomic mass is 32.2. The Bertz CT molecular complexity index is 692. The van der Waals surface area contributed by atoms with E-state index in [4.69, 9.17) is 4.74 Å². The van der Waals surface area contributed by atoms with E-state index >= 15 is 0 Å². The lowest BCUT2D eigenvalue weighted by atomic mass is 9.94. The predicted molar refractivity (Wildman–Crippen MR) is 91.6 cm³/mol. The molecule has 2 aliphatic rings. The Labute approximate surface area is 139 Å². The van der Waals surface area contributed by atoms with Gasteiger partial charge in [-0.3, -0.25) is 0 Å². The lowest BCUT2D eigenvalue weighted by Gasteiger charge is -2.35. The molecule has 1 aromatic carbocycles. The number of hydrogen-bond acceptors (Lipinski definition) is 4. The van der Waals surface area contributed by atoms with Gasteiger partial charge >= 0.3 is 0 Å². The summed E-state index contributed by atoms with van der Waals surface area (Å²) in [6.45, 7) is 8.72. The number of aryl methyl sites for hydroxylation is 1. The van der Waals surface area contributed by atoms with Gasteiger partial charge in [-0.1, -0.05) is 13.8 Å². The summed E-state index contributed by atoms with van der Waals surface area (Å²) in [7, 11) is -1.47. The molecule has 23 heavy (non-hydrogen) atoms. The number of nitrogens with zero attached hydrogens (tertiary/aromatic N) is 2. The van der Waals surface area contributed by atoms with Gasteiger partial charge in [0.2, 0.25) is 10.0 Å². The summed E-state index contributed by atoms with van der Waals surface area (Å²) in [5.41, 5.74) is 1.75. The number of sulfonamides is 1. The summed E-state index contributed by atoms with van der Waals surface area (Å²) in [5.74, 6) is 1.46. The van der Waals surface area contributed by atoms with Crippen LogP contribution in [0, 0.1) is 18.8 Å². The first-order chi connectivity index (χ1) is 10.8. The van der Waals surface area contributed by atoms with E-state index in [1.165, 1.54) is 0 Å². The molecule has 0 aliphatic carbocycles. The van der Waals surface area contributed by atoms with E-state index in [1.807, 2.05) is 20.0 Å². The molecule has 0 N–H and O–H groups in total. The van der Waals surface area contributed by atoms with Crippen LogP contribution >= 0.6 is 0 Å². The summed E-state index contributed by atoms with van der Waals surface area (Å²) in [6.07, 6.45) is 1.09. The average molecular weight is 338 g/mol. The zero-order valence-electron chi connectivity index (χ0n) is 14.4. The SMILES string of the molecule is Cc1cc2c(cc1S(=O)(=O)N1C[C@@H](C)C[C@H](C)C1)OCCN2C. The molecular formula is C17H26N2O3S. The molecule has 0 amide bonds. The van der Waals surface area contributed by atoms with Crippen LogP contribution in [0.25, 0.3) is 0 Å². The summed E-state index contributed by atoms with van der Waals surface area (Å²) < 4.78 is 33.6. The number of likely N-dealkylation sites (N-methyl/N-ethyl adjacent to an activating group) is 1. The third kappa shape index (κ3) is 3.06. The quantitative estimate of drug-likeness (QED) is 0.831. The number of rotatable bonds is 2. The van der Waals surface area contributed by atoms with Gasteiger partial charge in [-0.05, 0) is 36.8 Å². The molecule has 128 valence electrons. The summed E-state index contributed by atoms with van der Waals surface area (Å²) in [6, 6.07) is 3.64. The monoisotopic (exact) mass is 338 g/mol. The predicted octanol–water partition coefficient (Wildman–Crippen LogP) is 2.49. The van der Waals surface area contributed by atoms with E-state index in [2.05, 4.69) is 18.7 Å². The minimum absolute atomic E-state index is 0.382. The standard InChI is InChI=1S/C17H26N2O3S/c1-12-7-13(2)11-19(10-12)23(20,21)17-9-16-15(8-14(17)3)18(4)5-6-22-16/h8-9,12-13H,5-7,10-11H2,1-4H3/t12-,13-/m0/s1. The molecule has 0 unspecified atom stereocenters. The Hall–Kier alpha value is -1.27. The van der Waals surface area contributed by atoms with Crippen LogP contribution < -0.4 is 9.64 Å². The fourth-order valence-electron chi connectivity index (χ4n) is 3.70. The number of hydrogen-bond donors (Lipinski definition) is 0. The van der Waals surface area contributed by atoms with Gasteiger partial charge in [0.25, 0.3) is 0 Å². The van der Waals surface area contributed by atoms with Crippen LogP contribution in [-0.4, -0.2) is 46.0 Å². The average Bonchev–Trinajstić information content (AvgIpc) is 2.46. The maximum absolute atomic E-state index is 13.1. The van der Waals surface area contributed by atoms with E-state index in [9.17, 15) is 8.42 Å². The molecular weight excluding hydrogens is 312 g/mol. The maximum atomic E-state index is 13.1. The molecule has 6 heteroatoms. The van der Waals surface area contributed by atoms with Gasteiger partial charge < -0.3 is 9.64 Å². The van der Waals surface area contributed by atoms with Gasteiger partial charge in [0, 0.05) is 26.2 Å². The van der Waals surface area contributed by atoms with Gasteiger partial charge in [-0.15, -0.1) is 0 Å². The molecule has 0 saturated carbocycles. The van der Waals surface area contributed by atoms with Crippen LogP contribution in [0.1, 0.15) is 25.8 Å². The van der Waals surface area contributed by atoms with Gasteiger partial charge in [-0.25, -0.2) is 8.42 Å². The fourth-order valence-corrected chi connectivity index (χ4v) is 5.60. The van der Waals surface area contributed by atoms with Crippen molar-refractivity contribution in [2.24, 2.45) is 11.8 Å². The molecule has 0 bridgehead atoms. The number of anilines is 1. The molecule has 2 aliphatic heterocycles. The molecule has 3 rings (SSSR count). The summed E-state index contributed by atoms with van der Waals surface area (Å²) >= 11 is 0. The Morgan fingerprint density at radius 1 is 1.17 bits per heavy atom. The Balaban J connectivity index is 2.00. The van der Waals surface area contributed by atoms with Crippen molar-refractivity contribution in [1.29, 1.82) is 0 Å². The van der Waals surface area contributed by atoms with Gasteiger partial charge in [0.05, 0.1) is 17.1 Å². The topological polar surface area (TPSA) is 49.9 Å². The zero-order valence-corrected chi connectivity index (χ0v) is 15.2. The highest BCUT2D eigenvalue weighted by Gasteiger charge is 2.33. The first-order valence-corrected chi connectivity index (χ1v) is 9.71. The smallest absolute Gasteiger partial charge is 0.243 e. The number of piperidine rings is 1. The van der Waals surface area contributed by atoms with Gasteiger partial charge in [-0.2, -0.15) is 4.31 Å². The highest BCUT2D eigenvalue weighted by Crippen LogP contribution is 2.37. The second-order valence-electron chi connectivity index (χ2n) is 7.12. The molecule has 1 fully saturated rings. The van der Waals surface area contributed by atoms with E-state index in [-0.39, 0.29) is 0 Å². The Morgan fingerprint density at radius 2 is 1.83 bits per heavy atom. The lowest BCUT2D eigenvalue weighted by molar-refractivity contribution is 0.222. The third-order valence-electron chi connectivity index (χ3n) is 4.81. The molecule has 0 aromatic heterocycles. The van der Waals surface area contributed by atoms with Crippen molar-refractivity contribution >= 4 is 15.7 Å². The zero-order chi connectivity index (χ0) is 16.8. The molecule has 5 nitrogen and oxygen atoms in total. The van der Waals surface area contributed by atoms with Gasteiger partial charge in [0.15, 0.2) is 0 Å². The normalized spacial score (nSPS) is 25.8.